The topological polar surface area (TPSA) is 67.8 Å². The highest BCUT2D eigenvalue weighted by Crippen LogP contribution is 2.22. The highest BCUT2D eigenvalue weighted by molar-refractivity contribution is 14.0. The smallest absolute Gasteiger partial charge is 0.219 e. The molecule has 2 rings (SSSR count). The van der Waals surface area contributed by atoms with Crippen molar-refractivity contribution < 1.29 is 9.47 Å². The minimum absolute atomic E-state index is 0. The molecule has 0 amide bonds. The Hall–Kier alpha value is -2.03. The van der Waals surface area contributed by atoms with Crippen molar-refractivity contribution in [1.29, 1.82) is 0 Å². The number of unbranched alkanes of at least 4 members (excludes halogenated alkanes) is 2. The van der Waals surface area contributed by atoms with Gasteiger partial charge in [-0.25, -0.2) is 4.98 Å². The summed E-state index contributed by atoms with van der Waals surface area (Å²) < 4.78 is 10.9. The standard InChI is InChI=1S/C20H28N4O2.HI/c1-4-5-6-13-22-20(21-2)24-15-16-7-12-19(23-14-16)26-18-10-8-17(25-3)9-11-18;/h7-12,14H,4-6,13,15H2,1-3H3,(H2,21,22,24);1H. The van der Waals surface area contributed by atoms with E-state index in [1.165, 1.54) is 12.8 Å². The average molecular weight is 484 g/mol. The third-order valence-corrected chi connectivity index (χ3v) is 3.84. The number of ether oxygens (including phenoxy) is 2. The lowest BCUT2D eigenvalue weighted by Gasteiger charge is -2.12. The number of hydrogen-bond donors (Lipinski definition) is 2. The molecule has 0 aliphatic heterocycles. The van der Waals surface area contributed by atoms with Crippen LogP contribution in [0, 0.1) is 0 Å². The minimum atomic E-state index is 0. The van der Waals surface area contributed by atoms with Gasteiger partial charge >= 0.3 is 0 Å². The fourth-order valence-electron chi connectivity index (χ4n) is 2.33. The van der Waals surface area contributed by atoms with E-state index in [1.807, 2.05) is 36.4 Å². The van der Waals surface area contributed by atoms with Crippen LogP contribution in [-0.4, -0.2) is 31.6 Å². The van der Waals surface area contributed by atoms with E-state index in [9.17, 15) is 0 Å². The molecule has 0 bridgehead atoms. The van der Waals surface area contributed by atoms with Crippen molar-refractivity contribution in [1.82, 2.24) is 15.6 Å². The summed E-state index contributed by atoms with van der Waals surface area (Å²) in [4.78, 5) is 8.58. The first-order valence-electron chi connectivity index (χ1n) is 8.96. The first kappa shape index (κ1) is 23.0. The van der Waals surface area contributed by atoms with E-state index in [2.05, 4.69) is 27.5 Å². The summed E-state index contributed by atoms with van der Waals surface area (Å²) in [6.07, 6.45) is 5.39. The molecule has 1 aromatic carbocycles. The largest absolute Gasteiger partial charge is 0.497 e. The van der Waals surface area contributed by atoms with Crippen LogP contribution >= 0.6 is 24.0 Å². The van der Waals surface area contributed by atoms with Gasteiger partial charge in [-0.05, 0) is 36.2 Å². The van der Waals surface area contributed by atoms with E-state index in [-0.39, 0.29) is 24.0 Å². The van der Waals surface area contributed by atoms with Crippen LogP contribution in [0.4, 0.5) is 0 Å². The van der Waals surface area contributed by atoms with Gasteiger partial charge in [-0.2, -0.15) is 0 Å². The van der Waals surface area contributed by atoms with Gasteiger partial charge in [-0.1, -0.05) is 25.8 Å². The lowest BCUT2D eigenvalue weighted by molar-refractivity contribution is 0.412. The Balaban J connectivity index is 0.00000364. The van der Waals surface area contributed by atoms with Crippen molar-refractivity contribution in [3.8, 4) is 17.4 Å². The van der Waals surface area contributed by atoms with Crippen molar-refractivity contribution >= 4 is 29.9 Å². The Labute approximate surface area is 178 Å². The number of hydrogen-bond acceptors (Lipinski definition) is 4. The molecule has 2 N–H and O–H groups in total. The maximum absolute atomic E-state index is 5.73. The molecule has 2 aromatic rings. The Morgan fingerprint density at radius 3 is 2.37 bits per heavy atom. The van der Waals surface area contributed by atoms with E-state index in [0.717, 1.165) is 36.0 Å². The maximum Gasteiger partial charge on any atom is 0.219 e. The summed E-state index contributed by atoms with van der Waals surface area (Å²) in [5.74, 6) is 2.88. The van der Waals surface area contributed by atoms with Gasteiger partial charge in [0.2, 0.25) is 5.88 Å². The molecule has 0 saturated carbocycles. The number of aromatic nitrogens is 1. The molecule has 1 heterocycles. The van der Waals surface area contributed by atoms with Crippen molar-refractivity contribution in [2.45, 2.75) is 32.7 Å². The molecular formula is C20H29IN4O2. The first-order valence-corrected chi connectivity index (χ1v) is 8.96. The normalized spacial score (nSPS) is 10.7. The van der Waals surface area contributed by atoms with Crippen molar-refractivity contribution in [2.24, 2.45) is 4.99 Å². The Morgan fingerprint density at radius 1 is 1.04 bits per heavy atom. The fourth-order valence-corrected chi connectivity index (χ4v) is 2.33. The molecule has 0 spiro atoms. The molecule has 27 heavy (non-hydrogen) atoms. The summed E-state index contributed by atoms with van der Waals surface area (Å²) >= 11 is 0. The fraction of sp³-hybridized carbons (Fsp3) is 0.400. The van der Waals surface area contributed by atoms with Crippen LogP contribution in [-0.2, 0) is 6.54 Å². The SMILES string of the molecule is CCCCCNC(=NC)NCc1ccc(Oc2ccc(OC)cc2)nc1.I. The van der Waals surface area contributed by atoms with Crippen LogP contribution in [0.1, 0.15) is 31.7 Å². The van der Waals surface area contributed by atoms with Crippen LogP contribution in [0.3, 0.4) is 0 Å². The van der Waals surface area contributed by atoms with E-state index in [0.29, 0.717) is 12.4 Å². The Morgan fingerprint density at radius 2 is 1.78 bits per heavy atom. The molecular weight excluding hydrogens is 455 g/mol. The molecule has 6 nitrogen and oxygen atoms in total. The van der Waals surface area contributed by atoms with E-state index in [4.69, 9.17) is 9.47 Å². The molecule has 0 aliphatic carbocycles. The molecule has 7 heteroatoms. The first-order chi connectivity index (χ1) is 12.7. The number of guanidine groups is 1. The third-order valence-electron chi connectivity index (χ3n) is 3.84. The number of rotatable bonds is 9. The van der Waals surface area contributed by atoms with E-state index >= 15 is 0 Å². The summed E-state index contributed by atoms with van der Waals surface area (Å²) in [7, 11) is 3.42. The lowest BCUT2D eigenvalue weighted by atomic mass is 10.2. The second-order valence-electron chi connectivity index (χ2n) is 5.84. The summed E-state index contributed by atoms with van der Waals surface area (Å²) in [5.41, 5.74) is 1.06. The molecule has 0 atom stereocenters. The monoisotopic (exact) mass is 484 g/mol. The number of nitrogens with one attached hydrogen (secondary N) is 2. The summed E-state index contributed by atoms with van der Waals surface area (Å²) in [6.45, 7) is 3.78. The Kier molecular flexibility index (Phi) is 11.2. The number of methoxy groups -OCH3 is 1. The molecule has 0 fully saturated rings. The van der Waals surface area contributed by atoms with E-state index in [1.54, 1.807) is 20.4 Å². The molecule has 0 aliphatic rings. The number of halogens is 1. The predicted octanol–water partition coefficient (Wildman–Crippen LogP) is 4.36. The van der Waals surface area contributed by atoms with Gasteiger partial charge in [0, 0.05) is 32.4 Å². The predicted molar refractivity (Wildman–Crippen MR) is 120 cm³/mol. The van der Waals surface area contributed by atoms with Gasteiger partial charge in [0.05, 0.1) is 7.11 Å². The highest BCUT2D eigenvalue weighted by atomic mass is 127. The number of aliphatic imine (C=N–C) groups is 1. The Bertz CT molecular complexity index is 675. The minimum Gasteiger partial charge on any atom is -0.497 e. The van der Waals surface area contributed by atoms with Gasteiger partial charge in [0.1, 0.15) is 11.5 Å². The second-order valence-corrected chi connectivity index (χ2v) is 5.84. The van der Waals surface area contributed by atoms with Crippen LogP contribution in [0.5, 0.6) is 17.4 Å². The number of nitrogens with zero attached hydrogens (tertiary/aromatic N) is 2. The molecule has 148 valence electrons. The maximum atomic E-state index is 5.73. The van der Waals surface area contributed by atoms with Crippen molar-refractivity contribution in [2.75, 3.05) is 20.7 Å². The molecule has 0 saturated heterocycles. The zero-order valence-electron chi connectivity index (χ0n) is 16.2. The van der Waals surface area contributed by atoms with Gasteiger partial charge < -0.3 is 20.1 Å². The molecule has 0 unspecified atom stereocenters. The molecule has 1 aromatic heterocycles. The zero-order chi connectivity index (χ0) is 18.6. The van der Waals surface area contributed by atoms with Gasteiger partial charge in [-0.3, -0.25) is 4.99 Å². The van der Waals surface area contributed by atoms with Gasteiger partial charge in [0.25, 0.3) is 0 Å². The average Bonchev–Trinajstić information content (AvgIpc) is 2.69. The van der Waals surface area contributed by atoms with Gasteiger partial charge in [-0.15, -0.1) is 24.0 Å². The summed E-state index contributed by atoms with van der Waals surface area (Å²) in [5, 5.41) is 6.60. The van der Waals surface area contributed by atoms with Crippen LogP contribution in [0.15, 0.2) is 47.6 Å². The quantitative estimate of drug-likeness (QED) is 0.240. The highest BCUT2D eigenvalue weighted by Gasteiger charge is 2.02. The molecule has 0 radical (unpaired) electrons. The number of benzene rings is 1. The van der Waals surface area contributed by atoms with Crippen LogP contribution in [0.25, 0.3) is 0 Å². The zero-order valence-corrected chi connectivity index (χ0v) is 18.5. The van der Waals surface area contributed by atoms with Crippen molar-refractivity contribution in [3.05, 3.63) is 48.2 Å². The number of pyridine rings is 1. The second kappa shape index (κ2) is 13.2. The lowest BCUT2D eigenvalue weighted by Crippen LogP contribution is -2.37. The summed E-state index contributed by atoms with van der Waals surface area (Å²) in [6, 6.07) is 11.3. The third kappa shape index (κ3) is 8.47. The van der Waals surface area contributed by atoms with Crippen molar-refractivity contribution in [3.63, 3.8) is 0 Å². The van der Waals surface area contributed by atoms with E-state index < -0.39 is 0 Å². The van der Waals surface area contributed by atoms with Crippen LogP contribution in [0.2, 0.25) is 0 Å². The van der Waals surface area contributed by atoms with Crippen LogP contribution < -0.4 is 20.1 Å². The van der Waals surface area contributed by atoms with Gasteiger partial charge in [0.15, 0.2) is 5.96 Å².